The van der Waals surface area contributed by atoms with Crippen molar-refractivity contribution in [3.05, 3.63) is 29.3 Å². The van der Waals surface area contributed by atoms with Crippen LogP contribution < -0.4 is 10.6 Å². The summed E-state index contributed by atoms with van der Waals surface area (Å²) in [5.74, 6) is 0.153. The highest BCUT2D eigenvalue weighted by Crippen LogP contribution is 2.25. The SMILES string of the molecule is CCCCN(c1cc(C)ccc1C(=N)N)C(C)CC. The molecule has 106 valence electrons. The summed E-state index contributed by atoms with van der Waals surface area (Å²) < 4.78 is 0. The summed E-state index contributed by atoms with van der Waals surface area (Å²) in [5.41, 5.74) is 8.90. The van der Waals surface area contributed by atoms with Crippen LogP contribution in [-0.4, -0.2) is 18.4 Å². The fraction of sp³-hybridized carbons (Fsp3) is 0.562. The minimum absolute atomic E-state index is 0.153. The van der Waals surface area contributed by atoms with E-state index in [1.807, 2.05) is 12.1 Å². The van der Waals surface area contributed by atoms with E-state index in [1.165, 1.54) is 12.0 Å². The molecule has 1 unspecified atom stereocenters. The lowest BCUT2D eigenvalue weighted by Gasteiger charge is -2.32. The van der Waals surface area contributed by atoms with Crippen LogP contribution in [0.2, 0.25) is 0 Å². The normalized spacial score (nSPS) is 12.2. The van der Waals surface area contributed by atoms with Gasteiger partial charge in [0.2, 0.25) is 0 Å². The number of nitrogen functional groups attached to an aromatic ring is 1. The molecule has 1 aromatic rings. The molecular weight excluding hydrogens is 234 g/mol. The summed E-state index contributed by atoms with van der Waals surface area (Å²) in [4.78, 5) is 2.40. The number of nitrogens with one attached hydrogen (secondary N) is 1. The van der Waals surface area contributed by atoms with Crippen molar-refractivity contribution in [3.8, 4) is 0 Å². The van der Waals surface area contributed by atoms with Crippen LogP contribution in [0.1, 0.15) is 51.2 Å². The quantitative estimate of drug-likeness (QED) is 0.581. The zero-order valence-electron chi connectivity index (χ0n) is 12.7. The van der Waals surface area contributed by atoms with Crippen LogP contribution >= 0.6 is 0 Å². The second-order valence-corrected chi connectivity index (χ2v) is 5.24. The lowest BCUT2D eigenvalue weighted by Crippen LogP contribution is -2.35. The third-order valence-corrected chi connectivity index (χ3v) is 3.63. The molecule has 0 saturated carbocycles. The van der Waals surface area contributed by atoms with Crippen LogP contribution in [-0.2, 0) is 0 Å². The molecule has 3 heteroatoms. The number of benzene rings is 1. The number of nitrogens with zero attached hydrogens (tertiary/aromatic N) is 1. The molecule has 0 bridgehead atoms. The summed E-state index contributed by atoms with van der Waals surface area (Å²) in [6, 6.07) is 6.60. The third-order valence-electron chi connectivity index (χ3n) is 3.63. The highest BCUT2D eigenvalue weighted by atomic mass is 15.2. The molecule has 3 nitrogen and oxygen atoms in total. The maximum Gasteiger partial charge on any atom is 0.124 e. The van der Waals surface area contributed by atoms with Crippen molar-refractivity contribution in [2.75, 3.05) is 11.4 Å². The Morgan fingerprint density at radius 1 is 1.37 bits per heavy atom. The first kappa shape index (κ1) is 15.5. The average molecular weight is 261 g/mol. The molecule has 0 aliphatic carbocycles. The van der Waals surface area contributed by atoms with Gasteiger partial charge in [-0.2, -0.15) is 0 Å². The van der Waals surface area contributed by atoms with Gasteiger partial charge in [-0.25, -0.2) is 0 Å². The average Bonchev–Trinajstić information content (AvgIpc) is 2.38. The predicted octanol–water partition coefficient (Wildman–Crippen LogP) is 3.68. The van der Waals surface area contributed by atoms with E-state index in [1.54, 1.807) is 0 Å². The third kappa shape index (κ3) is 3.98. The molecule has 19 heavy (non-hydrogen) atoms. The first-order valence-electron chi connectivity index (χ1n) is 7.22. The Kier molecular flexibility index (Phi) is 5.87. The number of hydrogen-bond acceptors (Lipinski definition) is 2. The Morgan fingerprint density at radius 3 is 2.58 bits per heavy atom. The van der Waals surface area contributed by atoms with Gasteiger partial charge in [-0.05, 0) is 44.4 Å². The monoisotopic (exact) mass is 261 g/mol. The minimum Gasteiger partial charge on any atom is -0.384 e. The number of anilines is 1. The zero-order chi connectivity index (χ0) is 14.4. The summed E-state index contributed by atoms with van der Waals surface area (Å²) in [6.07, 6.45) is 3.43. The van der Waals surface area contributed by atoms with Gasteiger partial charge in [0.15, 0.2) is 0 Å². The Morgan fingerprint density at radius 2 is 2.05 bits per heavy atom. The summed E-state index contributed by atoms with van der Waals surface area (Å²) in [7, 11) is 0. The van der Waals surface area contributed by atoms with Gasteiger partial charge in [-0.1, -0.05) is 26.3 Å². The standard InChI is InChI=1S/C16H27N3/c1-5-7-10-19(13(4)6-2)15-11-12(3)8-9-14(15)16(17)18/h8-9,11,13H,5-7,10H2,1-4H3,(H3,17,18). The van der Waals surface area contributed by atoms with E-state index < -0.39 is 0 Å². The molecule has 0 radical (unpaired) electrons. The molecule has 1 rings (SSSR count). The van der Waals surface area contributed by atoms with Gasteiger partial charge in [0, 0.05) is 23.8 Å². The molecule has 0 aliphatic heterocycles. The van der Waals surface area contributed by atoms with E-state index in [0.717, 1.165) is 30.6 Å². The minimum atomic E-state index is 0.153. The van der Waals surface area contributed by atoms with Gasteiger partial charge in [0.1, 0.15) is 5.84 Å². The van der Waals surface area contributed by atoms with Crippen LogP contribution in [0.5, 0.6) is 0 Å². The van der Waals surface area contributed by atoms with E-state index in [2.05, 4.69) is 38.7 Å². The number of aryl methyl sites for hydroxylation is 1. The van der Waals surface area contributed by atoms with Crippen molar-refractivity contribution in [2.24, 2.45) is 5.73 Å². The highest BCUT2D eigenvalue weighted by molar-refractivity contribution is 6.00. The zero-order valence-corrected chi connectivity index (χ0v) is 12.7. The van der Waals surface area contributed by atoms with Crippen LogP contribution in [0.3, 0.4) is 0 Å². The molecule has 0 saturated heterocycles. The maximum absolute atomic E-state index is 7.77. The van der Waals surface area contributed by atoms with Crippen LogP contribution in [0, 0.1) is 12.3 Å². The molecular formula is C16H27N3. The van der Waals surface area contributed by atoms with Crippen molar-refractivity contribution in [2.45, 2.75) is 53.0 Å². The number of nitrogens with two attached hydrogens (primary N) is 1. The number of hydrogen-bond donors (Lipinski definition) is 2. The number of rotatable bonds is 7. The molecule has 1 atom stereocenters. The molecule has 0 aliphatic rings. The van der Waals surface area contributed by atoms with Gasteiger partial charge < -0.3 is 10.6 Å². The summed E-state index contributed by atoms with van der Waals surface area (Å²) in [6.45, 7) is 9.75. The first-order chi connectivity index (χ1) is 9.01. The van der Waals surface area contributed by atoms with Gasteiger partial charge in [-0.3, -0.25) is 5.41 Å². The molecule has 0 heterocycles. The topological polar surface area (TPSA) is 53.1 Å². The highest BCUT2D eigenvalue weighted by Gasteiger charge is 2.17. The number of unbranched alkanes of at least 4 members (excludes halogenated alkanes) is 1. The Balaban J connectivity index is 3.19. The molecule has 1 aromatic carbocycles. The Bertz CT molecular complexity index is 426. The Hall–Kier alpha value is -1.51. The predicted molar refractivity (Wildman–Crippen MR) is 84.2 cm³/mol. The fourth-order valence-electron chi connectivity index (χ4n) is 2.23. The largest absolute Gasteiger partial charge is 0.384 e. The molecule has 0 aromatic heterocycles. The van der Waals surface area contributed by atoms with Crippen LogP contribution in [0.15, 0.2) is 18.2 Å². The van der Waals surface area contributed by atoms with E-state index in [-0.39, 0.29) is 5.84 Å². The smallest absolute Gasteiger partial charge is 0.124 e. The van der Waals surface area contributed by atoms with E-state index in [4.69, 9.17) is 11.1 Å². The second kappa shape index (κ2) is 7.17. The molecule has 0 amide bonds. The van der Waals surface area contributed by atoms with E-state index in [0.29, 0.717) is 6.04 Å². The lowest BCUT2D eigenvalue weighted by molar-refractivity contribution is 0.595. The molecule has 0 fully saturated rings. The maximum atomic E-state index is 7.77. The fourth-order valence-corrected chi connectivity index (χ4v) is 2.23. The van der Waals surface area contributed by atoms with Crippen molar-refractivity contribution >= 4 is 11.5 Å². The van der Waals surface area contributed by atoms with E-state index in [9.17, 15) is 0 Å². The van der Waals surface area contributed by atoms with Crippen LogP contribution in [0.25, 0.3) is 0 Å². The Labute approximate surface area is 117 Å². The van der Waals surface area contributed by atoms with Crippen molar-refractivity contribution in [3.63, 3.8) is 0 Å². The van der Waals surface area contributed by atoms with Crippen molar-refractivity contribution in [1.29, 1.82) is 5.41 Å². The van der Waals surface area contributed by atoms with Crippen molar-refractivity contribution in [1.82, 2.24) is 0 Å². The molecule has 3 N–H and O–H groups in total. The second-order valence-electron chi connectivity index (χ2n) is 5.24. The van der Waals surface area contributed by atoms with Gasteiger partial charge in [-0.15, -0.1) is 0 Å². The van der Waals surface area contributed by atoms with Gasteiger partial charge in [0.05, 0.1) is 0 Å². The summed E-state index contributed by atoms with van der Waals surface area (Å²) in [5, 5.41) is 7.77. The van der Waals surface area contributed by atoms with E-state index >= 15 is 0 Å². The first-order valence-corrected chi connectivity index (χ1v) is 7.22. The van der Waals surface area contributed by atoms with Crippen molar-refractivity contribution < 1.29 is 0 Å². The van der Waals surface area contributed by atoms with Gasteiger partial charge in [0.25, 0.3) is 0 Å². The lowest BCUT2D eigenvalue weighted by atomic mass is 10.0. The molecule has 0 spiro atoms. The van der Waals surface area contributed by atoms with Gasteiger partial charge >= 0.3 is 0 Å². The van der Waals surface area contributed by atoms with Crippen LogP contribution in [0.4, 0.5) is 5.69 Å². The summed E-state index contributed by atoms with van der Waals surface area (Å²) >= 11 is 0. The number of amidine groups is 1.